The molecule has 0 bridgehead atoms. The third-order valence-electron chi connectivity index (χ3n) is 2.08. The highest BCUT2D eigenvalue weighted by atomic mass is 19.4. The maximum atomic E-state index is 13.4. The van der Waals surface area contributed by atoms with E-state index >= 15 is 0 Å². The maximum Gasteiger partial charge on any atom is 0.416 e. The van der Waals surface area contributed by atoms with Crippen LogP contribution >= 0.6 is 0 Å². The Morgan fingerprint density at radius 3 is 1.88 bits per heavy atom. The van der Waals surface area contributed by atoms with E-state index in [2.05, 4.69) is 0 Å². The number of hydrogen-bond donors (Lipinski definition) is 1. The lowest BCUT2D eigenvalue weighted by atomic mass is 9.99. The Bertz CT molecular complexity index is 358. The van der Waals surface area contributed by atoms with E-state index in [1.165, 1.54) is 0 Å². The van der Waals surface area contributed by atoms with Crippen LogP contribution in [0.1, 0.15) is 17.5 Å². The molecule has 0 amide bonds. The monoisotopic (exact) mass is 239 g/mol. The van der Waals surface area contributed by atoms with Crippen LogP contribution in [0.2, 0.25) is 0 Å². The van der Waals surface area contributed by atoms with Crippen molar-refractivity contribution in [1.29, 1.82) is 0 Å². The van der Waals surface area contributed by atoms with Crippen molar-refractivity contribution in [2.24, 2.45) is 5.73 Å². The Labute approximate surface area is 89.1 Å². The SMILES string of the molecule is NCCC(F)(F)c1ccccc1C(F)(F)F. The van der Waals surface area contributed by atoms with E-state index in [0.29, 0.717) is 6.07 Å². The molecule has 0 saturated carbocycles. The second kappa shape index (κ2) is 4.37. The Hall–Kier alpha value is -1.17. The Morgan fingerprint density at radius 2 is 1.44 bits per heavy atom. The van der Waals surface area contributed by atoms with Gasteiger partial charge in [0, 0.05) is 12.0 Å². The quantitative estimate of drug-likeness (QED) is 0.805. The summed E-state index contributed by atoms with van der Waals surface area (Å²) in [6, 6.07) is 3.64. The van der Waals surface area contributed by atoms with Crippen molar-refractivity contribution >= 4 is 0 Å². The first kappa shape index (κ1) is 12.9. The van der Waals surface area contributed by atoms with E-state index in [1.54, 1.807) is 0 Å². The molecule has 0 heterocycles. The molecule has 1 aromatic rings. The summed E-state index contributed by atoms with van der Waals surface area (Å²) < 4.78 is 64.1. The summed E-state index contributed by atoms with van der Waals surface area (Å²) in [6.07, 6.45) is -5.59. The average molecular weight is 239 g/mol. The first-order valence-corrected chi connectivity index (χ1v) is 4.53. The van der Waals surface area contributed by atoms with E-state index in [1.807, 2.05) is 0 Å². The van der Waals surface area contributed by atoms with Gasteiger partial charge >= 0.3 is 6.18 Å². The minimum absolute atomic E-state index is 0.376. The normalized spacial score (nSPS) is 12.9. The van der Waals surface area contributed by atoms with Crippen LogP contribution in [0.3, 0.4) is 0 Å². The van der Waals surface area contributed by atoms with Crippen molar-refractivity contribution in [1.82, 2.24) is 0 Å². The maximum absolute atomic E-state index is 13.4. The molecule has 0 aliphatic carbocycles. The fourth-order valence-corrected chi connectivity index (χ4v) is 1.37. The molecule has 0 fully saturated rings. The van der Waals surface area contributed by atoms with Crippen molar-refractivity contribution in [2.75, 3.05) is 6.54 Å². The largest absolute Gasteiger partial charge is 0.416 e. The lowest BCUT2D eigenvalue weighted by Gasteiger charge is -2.20. The van der Waals surface area contributed by atoms with E-state index in [9.17, 15) is 22.0 Å². The van der Waals surface area contributed by atoms with Crippen molar-refractivity contribution in [3.8, 4) is 0 Å². The molecule has 0 radical (unpaired) electrons. The molecule has 0 spiro atoms. The molecule has 0 unspecified atom stereocenters. The third kappa shape index (κ3) is 2.69. The first-order chi connectivity index (χ1) is 7.29. The molecule has 0 saturated heterocycles. The minimum Gasteiger partial charge on any atom is -0.330 e. The van der Waals surface area contributed by atoms with Crippen LogP contribution in [0.5, 0.6) is 0 Å². The van der Waals surface area contributed by atoms with Gasteiger partial charge in [-0.05, 0) is 12.6 Å². The van der Waals surface area contributed by atoms with E-state index in [4.69, 9.17) is 5.73 Å². The predicted molar refractivity (Wildman–Crippen MR) is 49.0 cm³/mol. The van der Waals surface area contributed by atoms with E-state index in [-0.39, 0.29) is 6.54 Å². The van der Waals surface area contributed by atoms with Gasteiger partial charge in [-0.25, -0.2) is 8.78 Å². The summed E-state index contributed by atoms with van der Waals surface area (Å²) in [5.74, 6) is -3.55. The van der Waals surface area contributed by atoms with Crippen molar-refractivity contribution < 1.29 is 22.0 Å². The standard InChI is InChI=1S/C10H10F5N/c11-9(12,5-6-16)7-3-1-2-4-8(7)10(13,14)15/h1-4H,5-6,16H2. The van der Waals surface area contributed by atoms with Crippen LogP contribution in [0.4, 0.5) is 22.0 Å². The predicted octanol–water partition coefficient (Wildman–Crippen LogP) is 3.15. The van der Waals surface area contributed by atoms with Crippen molar-refractivity contribution in [3.63, 3.8) is 0 Å². The summed E-state index contributed by atoms with van der Waals surface area (Å²) in [5, 5.41) is 0. The highest BCUT2D eigenvalue weighted by molar-refractivity contribution is 5.33. The molecule has 90 valence electrons. The van der Waals surface area contributed by atoms with E-state index < -0.39 is 29.6 Å². The lowest BCUT2D eigenvalue weighted by molar-refractivity contribution is -0.142. The van der Waals surface area contributed by atoms with E-state index in [0.717, 1.165) is 18.2 Å². The van der Waals surface area contributed by atoms with Gasteiger partial charge in [0.15, 0.2) is 0 Å². The topological polar surface area (TPSA) is 26.0 Å². The van der Waals surface area contributed by atoms with Gasteiger partial charge in [0.25, 0.3) is 5.92 Å². The minimum atomic E-state index is -4.78. The van der Waals surface area contributed by atoms with Crippen LogP contribution in [0, 0.1) is 0 Å². The number of benzene rings is 1. The van der Waals surface area contributed by atoms with Crippen molar-refractivity contribution in [3.05, 3.63) is 35.4 Å². The van der Waals surface area contributed by atoms with Crippen LogP contribution < -0.4 is 5.73 Å². The molecule has 0 atom stereocenters. The van der Waals surface area contributed by atoms with Gasteiger partial charge in [-0.3, -0.25) is 0 Å². The Morgan fingerprint density at radius 1 is 0.938 bits per heavy atom. The number of hydrogen-bond acceptors (Lipinski definition) is 1. The molecular weight excluding hydrogens is 229 g/mol. The van der Waals surface area contributed by atoms with Crippen LogP contribution in [-0.2, 0) is 12.1 Å². The summed E-state index contributed by atoms with van der Waals surface area (Å²) >= 11 is 0. The fourth-order valence-electron chi connectivity index (χ4n) is 1.37. The number of halogens is 5. The van der Waals surface area contributed by atoms with Crippen LogP contribution in [-0.4, -0.2) is 6.54 Å². The average Bonchev–Trinajstić information content (AvgIpc) is 2.16. The summed E-state index contributed by atoms with van der Waals surface area (Å²) in [7, 11) is 0. The number of nitrogens with two attached hydrogens (primary N) is 1. The lowest BCUT2D eigenvalue weighted by Crippen LogP contribution is -2.23. The highest BCUT2D eigenvalue weighted by Gasteiger charge is 2.41. The Kier molecular flexibility index (Phi) is 3.52. The molecular formula is C10H10F5N. The number of alkyl halides is 5. The zero-order chi connectivity index (χ0) is 12.4. The Balaban J connectivity index is 3.23. The van der Waals surface area contributed by atoms with Gasteiger partial charge in [-0.1, -0.05) is 18.2 Å². The summed E-state index contributed by atoms with van der Waals surface area (Å²) in [5.41, 5.74) is 2.62. The summed E-state index contributed by atoms with van der Waals surface area (Å²) in [4.78, 5) is 0. The highest BCUT2D eigenvalue weighted by Crippen LogP contribution is 2.40. The van der Waals surface area contributed by atoms with Gasteiger partial charge in [0.1, 0.15) is 0 Å². The second-order valence-corrected chi connectivity index (χ2v) is 3.29. The zero-order valence-electron chi connectivity index (χ0n) is 8.19. The second-order valence-electron chi connectivity index (χ2n) is 3.29. The van der Waals surface area contributed by atoms with Crippen LogP contribution in [0.15, 0.2) is 24.3 Å². The molecule has 0 aliphatic rings. The molecule has 6 heteroatoms. The van der Waals surface area contributed by atoms with Gasteiger partial charge in [0.05, 0.1) is 5.56 Å². The molecule has 1 aromatic carbocycles. The molecule has 16 heavy (non-hydrogen) atoms. The molecule has 1 rings (SSSR count). The zero-order valence-corrected chi connectivity index (χ0v) is 8.19. The smallest absolute Gasteiger partial charge is 0.330 e. The molecule has 0 aromatic heterocycles. The van der Waals surface area contributed by atoms with Crippen molar-refractivity contribution in [2.45, 2.75) is 18.5 Å². The molecule has 0 aliphatic heterocycles. The first-order valence-electron chi connectivity index (χ1n) is 4.53. The number of rotatable bonds is 3. The van der Waals surface area contributed by atoms with Gasteiger partial charge in [-0.2, -0.15) is 13.2 Å². The van der Waals surface area contributed by atoms with Crippen LogP contribution in [0.25, 0.3) is 0 Å². The molecule has 2 N–H and O–H groups in total. The van der Waals surface area contributed by atoms with Gasteiger partial charge in [-0.15, -0.1) is 0 Å². The summed E-state index contributed by atoms with van der Waals surface area (Å²) in [6.45, 7) is -0.376. The molecule has 1 nitrogen and oxygen atoms in total. The van der Waals surface area contributed by atoms with Gasteiger partial charge < -0.3 is 5.73 Å². The fraction of sp³-hybridized carbons (Fsp3) is 0.400. The van der Waals surface area contributed by atoms with Gasteiger partial charge in [0.2, 0.25) is 0 Å². The third-order valence-corrected chi connectivity index (χ3v) is 2.08.